The topological polar surface area (TPSA) is 49.3 Å². The maximum absolute atomic E-state index is 13.2. The van der Waals surface area contributed by atoms with Gasteiger partial charge in [-0.1, -0.05) is 25.7 Å². The molecule has 1 unspecified atom stereocenters. The smallest absolute Gasteiger partial charge is 0.252 e. The average Bonchev–Trinajstić information content (AvgIpc) is 2.35. The molecule has 19 heavy (non-hydrogen) atoms. The lowest BCUT2D eigenvalue weighted by atomic mass is 10.0. The third-order valence-electron chi connectivity index (χ3n) is 2.89. The molecule has 4 heteroatoms. The van der Waals surface area contributed by atoms with E-state index in [2.05, 4.69) is 17.2 Å². The van der Waals surface area contributed by atoms with Gasteiger partial charge >= 0.3 is 0 Å². The van der Waals surface area contributed by atoms with Gasteiger partial charge in [-0.2, -0.15) is 0 Å². The number of carbonyl (C=O) groups excluding carboxylic acids is 1. The monoisotopic (exact) mass is 263 g/mol. The van der Waals surface area contributed by atoms with Gasteiger partial charge in [0.25, 0.3) is 5.91 Å². The molecular formula is C15H18FNO2. The summed E-state index contributed by atoms with van der Waals surface area (Å²) >= 11 is 0. The van der Waals surface area contributed by atoms with Crippen LogP contribution in [0.3, 0.4) is 0 Å². The Hall–Kier alpha value is -1.86. The SMILES string of the molecule is CC(C)C(C)NC(=O)c1ccc(F)cc1C#CCO. The van der Waals surface area contributed by atoms with Crippen molar-refractivity contribution < 1.29 is 14.3 Å². The molecule has 102 valence electrons. The van der Waals surface area contributed by atoms with Crippen molar-refractivity contribution in [2.45, 2.75) is 26.8 Å². The molecule has 3 nitrogen and oxygen atoms in total. The van der Waals surface area contributed by atoms with E-state index in [4.69, 9.17) is 5.11 Å². The van der Waals surface area contributed by atoms with Crippen LogP contribution < -0.4 is 5.32 Å². The summed E-state index contributed by atoms with van der Waals surface area (Å²) in [5.74, 6) is 4.56. The van der Waals surface area contributed by atoms with Crippen molar-refractivity contribution in [1.29, 1.82) is 0 Å². The zero-order valence-corrected chi connectivity index (χ0v) is 11.3. The third-order valence-corrected chi connectivity index (χ3v) is 2.89. The molecule has 0 bridgehead atoms. The Balaban J connectivity index is 3.02. The van der Waals surface area contributed by atoms with Gasteiger partial charge in [0, 0.05) is 11.6 Å². The number of rotatable bonds is 3. The molecular weight excluding hydrogens is 245 g/mol. The Bertz CT molecular complexity index is 515. The van der Waals surface area contributed by atoms with E-state index >= 15 is 0 Å². The molecule has 0 aliphatic heterocycles. The zero-order chi connectivity index (χ0) is 14.4. The van der Waals surface area contributed by atoms with Crippen LogP contribution in [-0.2, 0) is 0 Å². The van der Waals surface area contributed by atoms with Crippen molar-refractivity contribution in [1.82, 2.24) is 5.32 Å². The third kappa shape index (κ3) is 4.38. The molecule has 1 amide bonds. The summed E-state index contributed by atoms with van der Waals surface area (Å²) in [6.07, 6.45) is 0. The van der Waals surface area contributed by atoms with E-state index in [1.54, 1.807) is 0 Å². The van der Waals surface area contributed by atoms with E-state index in [1.807, 2.05) is 20.8 Å². The maximum atomic E-state index is 13.2. The lowest BCUT2D eigenvalue weighted by Crippen LogP contribution is -2.36. The molecule has 0 aliphatic rings. The molecule has 0 spiro atoms. The van der Waals surface area contributed by atoms with Crippen LogP contribution in [0, 0.1) is 23.6 Å². The number of halogens is 1. The van der Waals surface area contributed by atoms with E-state index in [0.717, 1.165) is 0 Å². The van der Waals surface area contributed by atoms with E-state index < -0.39 is 5.82 Å². The normalized spacial score (nSPS) is 11.7. The fourth-order valence-corrected chi connectivity index (χ4v) is 1.40. The number of benzene rings is 1. The summed E-state index contributed by atoms with van der Waals surface area (Å²) in [6.45, 7) is 5.58. The molecule has 0 saturated carbocycles. The highest BCUT2D eigenvalue weighted by molar-refractivity contribution is 5.96. The summed E-state index contributed by atoms with van der Waals surface area (Å²) in [5, 5.41) is 11.5. The highest BCUT2D eigenvalue weighted by Crippen LogP contribution is 2.11. The molecule has 0 heterocycles. The summed E-state index contributed by atoms with van der Waals surface area (Å²) in [6, 6.07) is 3.83. The van der Waals surface area contributed by atoms with Crippen molar-refractivity contribution in [3.8, 4) is 11.8 Å². The Labute approximate surface area is 112 Å². The van der Waals surface area contributed by atoms with Crippen molar-refractivity contribution in [3.05, 3.63) is 35.1 Å². The van der Waals surface area contributed by atoms with E-state index in [1.165, 1.54) is 18.2 Å². The maximum Gasteiger partial charge on any atom is 0.252 e. The quantitative estimate of drug-likeness (QED) is 0.819. The summed E-state index contributed by atoms with van der Waals surface area (Å²) in [4.78, 5) is 12.1. The van der Waals surface area contributed by atoms with Gasteiger partial charge in [-0.05, 0) is 31.0 Å². The van der Waals surface area contributed by atoms with Crippen molar-refractivity contribution in [2.75, 3.05) is 6.61 Å². The van der Waals surface area contributed by atoms with Crippen LogP contribution >= 0.6 is 0 Å². The number of hydrogen-bond acceptors (Lipinski definition) is 2. The minimum Gasteiger partial charge on any atom is -0.384 e. The number of aliphatic hydroxyl groups is 1. The zero-order valence-electron chi connectivity index (χ0n) is 11.3. The molecule has 1 aromatic carbocycles. The molecule has 0 aromatic heterocycles. The lowest BCUT2D eigenvalue weighted by molar-refractivity contribution is 0.0930. The second kappa shape index (κ2) is 6.91. The molecule has 0 fully saturated rings. The Morgan fingerprint density at radius 2 is 2.11 bits per heavy atom. The van der Waals surface area contributed by atoms with Crippen LogP contribution in [0.15, 0.2) is 18.2 Å². The fraction of sp³-hybridized carbons (Fsp3) is 0.400. The number of aliphatic hydroxyl groups excluding tert-OH is 1. The van der Waals surface area contributed by atoms with Crippen LogP contribution in [0.2, 0.25) is 0 Å². The van der Waals surface area contributed by atoms with Gasteiger partial charge in [-0.15, -0.1) is 0 Å². The van der Waals surface area contributed by atoms with Crippen LogP contribution in [0.4, 0.5) is 4.39 Å². The Kier molecular flexibility index (Phi) is 5.53. The Morgan fingerprint density at radius 3 is 2.68 bits per heavy atom. The van der Waals surface area contributed by atoms with Crippen molar-refractivity contribution >= 4 is 5.91 Å². The second-order valence-corrected chi connectivity index (χ2v) is 4.66. The first-order valence-electron chi connectivity index (χ1n) is 6.15. The van der Waals surface area contributed by atoms with E-state index in [-0.39, 0.29) is 24.1 Å². The summed E-state index contributed by atoms with van der Waals surface area (Å²) in [7, 11) is 0. The van der Waals surface area contributed by atoms with Gasteiger partial charge < -0.3 is 10.4 Å². The molecule has 1 rings (SSSR count). The van der Waals surface area contributed by atoms with Crippen molar-refractivity contribution in [3.63, 3.8) is 0 Å². The lowest BCUT2D eigenvalue weighted by Gasteiger charge is -2.17. The standard InChI is InChI=1S/C15H18FNO2/c1-10(2)11(3)17-15(19)14-7-6-13(16)9-12(14)5-4-8-18/h6-7,9-11,18H,8H2,1-3H3,(H,17,19). The van der Waals surface area contributed by atoms with Gasteiger partial charge in [0.1, 0.15) is 12.4 Å². The number of carbonyl (C=O) groups is 1. The molecule has 2 N–H and O–H groups in total. The largest absolute Gasteiger partial charge is 0.384 e. The molecule has 1 aromatic rings. The predicted molar refractivity (Wildman–Crippen MR) is 72.1 cm³/mol. The van der Waals surface area contributed by atoms with Gasteiger partial charge in [-0.3, -0.25) is 4.79 Å². The number of hydrogen-bond donors (Lipinski definition) is 2. The van der Waals surface area contributed by atoms with Gasteiger partial charge in [0.2, 0.25) is 0 Å². The molecule has 0 radical (unpaired) electrons. The first-order valence-corrected chi connectivity index (χ1v) is 6.15. The summed E-state index contributed by atoms with van der Waals surface area (Å²) in [5.41, 5.74) is 0.595. The first kappa shape index (κ1) is 15.2. The van der Waals surface area contributed by atoms with Crippen LogP contribution in [-0.4, -0.2) is 23.7 Å². The summed E-state index contributed by atoms with van der Waals surface area (Å²) < 4.78 is 13.2. The Morgan fingerprint density at radius 1 is 1.42 bits per heavy atom. The van der Waals surface area contributed by atoms with Crippen LogP contribution in [0.5, 0.6) is 0 Å². The van der Waals surface area contributed by atoms with E-state index in [9.17, 15) is 9.18 Å². The molecule has 1 atom stereocenters. The van der Waals surface area contributed by atoms with Gasteiger partial charge in [-0.25, -0.2) is 4.39 Å². The first-order chi connectivity index (χ1) is 8.95. The van der Waals surface area contributed by atoms with Crippen LogP contribution in [0.1, 0.15) is 36.7 Å². The minimum absolute atomic E-state index is 0.0104. The fourth-order valence-electron chi connectivity index (χ4n) is 1.40. The highest BCUT2D eigenvalue weighted by Gasteiger charge is 2.15. The van der Waals surface area contributed by atoms with Crippen molar-refractivity contribution in [2.24, 2.45) is 5.92 Å². The van der Waals surface area contributed by atoms with Gasteiger partial charge in [0.15, 0.2) is 0 Å². The number of nitrogens with one attached hydrogen (secondary N) is 1. The average molecular weight is 263 g/mol. The van der Waals surface area contributed by atoms with Gasteiger partial charge in [0.05, 0.1) is 5.56 Å². The second-order valence-electron chi connectivity index (χ2n) is 4.66. The molecule has 0 aliphatic carbocycles. The molecule has 0 saturated heterocycles. The predicted octanol–water partition coefficient (Wildman–Crippen LogP) is 1.94. The highest BCUT2D eigenvalue weighted by atomic mass is 19.1. The van der Waals surface area contributed by atoms with E-state index in [0.29, 0.717) is 11.5 Å². The van der Waals surface area contributed by atoms with Crippen LogP contribution in [0.25, 0.3) is 0 Å². The number of amides is 1. The minimum atomic E-state index is -0.462.